The van der Waals surface area contributed by atoms with Crippen LogP contribution in [0.4, 0.5) is 0 Å². The summed E-state index contributed by atoms with van der Waals surface area (Å²) in [6, 6.07) is 0. The number of aromatic nitrogens is 4. The molecular weight excluding hydrogens is 248 g/mol. The van der Waals surface area contributed by atoms with Crippen molar-refractivity contribution in [3.63, 3.8) is 0 Å². The smallest absolute Gasteiger partial charge is 0.234 e. The monoisotopic (exact) mass is 264 g/mol. The maximum atomic E-state index is 12.5. The Balaban J connectivity index is 1.78. The summed E-state index contributed by atoms with van der Waals surface area (Å²) in [5.41, 5.74) is 0. The van der Waals surface area contributed by atoms with Gasteiger partial charge in [-0.2, -0.15) is 5.21 Å². The first-order chi connectivity index (χ1) is 9.18. The third kappa shape index (κ3) is 1.96. The standard InChI is InChI=1S/C11H16N6O2/c1-7(10-12-14-15-13-10)11(19)17-6-4-9(18)16-5-2-3-8(16)17/h7-8H,2-6H2,1H3,(H,12,13,14,15). The Bertz CT molecular complexity index is 487. The highest BCUT2D eigenvalue weighted by molar-refractivity contribution is 5.86. The zero-order chi connectivity index (χ0) is 13.4. The molecule has 2 atom stereocenters. The predicted molar refractivity (Wildman–Crippen MR) is 63.7 cm³/mol. The maximum Gasteiger partial charge on any atom is 0.234 e. The lowest BCUT2D eigenvalue weighted by molar-refractivity contribution is -0.151. The van der Waals surface area contributed by atoms with E-state index in [0.717, 1.165) is 19.4 Å². The zero-order valence-corrected chi connectivity index (χ0v) is 10.7. The largest absolute Gasteiger partial charge is 0.322 e. The van der Waals surface area contributed by atoms with E-state index in [-0.39, 0.29) is 18.0 Å². The fourth-order valence-corrected chi connectivity index (χ4v) is 2.84. The van der Waals surface area contributed by atoms with Gasteiger partial charge in [0.25, 0.3) is 0 Å². The number of nitrogens with zero attached hydrogens (tertiary/aromatic N) is 5. The van der Waals surface area contributed by atoms with Crippen LogP contribution in [-0.2, 0) is 9.59 Å². The van der Waals surface area contributed by atoms with Crippen molar-refractivity contribution in [3.8, 4) is 0 Å². The Kier molecular flexibility index (Phi) is 2.92. The molecule has 8 nitrogen and oxygen atoms in total. The Labute approximate surface area is 110 Å². The number of carbonyl (C=O) groups excluding carboxylic acids is 2. The van der Waals surface area contributed by atoms with Crippen molar-refractivity contribution in [1.29, 1.82) is 0 Å². The number of carbonyl (C=O) groups is 2. The lowest BCUT2D eigenvalue weighted by Gasteiger charge is -2.40. The highest BCUT2D eigenvalue weighted by Gasteiger charge is 2.41. The molecule has 2 saturated heterocycles. The molecule has 19 heavy (non-hydrogen) atoms. The third-order valence-electron chi connectivity index (χ3n) is 3.87. The molecular formula is C11H16N6O2. The SMILES string of the molecule is CC(C(=O)N1CCC(=O)N2CCCC21)c1nn[nH]n1. The van der Waals surface area contributed by atoms with E-state index in [1.807, 2.05) is 4.90 Å². The lowest BCUT2D eigenvalue weighted by atomic mass is 10.1. The third-order valence-corrected chi connectivity index (χ3v) is 3.87. The molecule has 8 heteroatoms. The van der Waals surface area contributed by atoms with E-state index in [1.54, 1.807) is 11.8 Å². The molecule has 0 aromatic carbocycles. The van der Waals surface area contributed by atoms with Crippen molar-refractivity contribution in [3.05, 3.63) is 5.82 Å². The fourth-order valence-electron chi connectivity index (χ4n) is 2.84. The van der Waals surface area contributed by atoms with Crippen LogP contribution >= 0.6 is 0 Å². The Hall–Kier alpha value is -1.99. The molecule has 0 saturated carbocycles. The van der Waals surface area contributed by atoms with E-state index in [4.69, 9.17) is 0 Å². The molecule has 0 bridgehead atoms. The van der Waals surface area contributed by atoms with Gasteiger partial charge in [0.05, 0.1) is 5.92 Å². The van der Waals surface area contributed by atoms with E-state index in [9.17, 15) is 9.59 Å². The molecule has 102 valence electrons. The number of amides is 2. The van der Waals surface area contributed by atoms with E-state index >= 15 is 0 Å². The molecule has 2 fully saturated rings. The van der Waals surface area contributed by atoms with Crippen molar-refractivity contribution < 1.29 is 9.59 Å². The van der Waals surface area contributed by atoms with Crippen LogP contribution in [0.1, 0.15) is 37.9 Å². The van der Waals surface area contributed by atoms with Crippen LogP contribution in [0.3, 0.4) is 0 Å². The van der Waals surface area contributed by atoms with Crippen LogP contribution in [0.25, 0.3) is 0 Å². The van der Waals surface area contributed by atoms with Gasteiger partial charge in [-0.3, -0.25) is 9.59 Å². The first-order valence-corrected chi connectivity index (χ1v) is 6.52. The molecule has 2 aliphatic heterocycles. The molecule has 1 N–H and O–H groups in total. The van der Waals surface area contributed by atoms with Crippen LogP contribution in [0, 0.1) is 0 Å². The van der Waals surface area contributed by atoms with Gasteiger partial charge in [0.2, 0.25) is 11.8 Å². The summed E-state index contributed by atoms with van der Waals surface area (Å²) in [6.45, 7) is 3.01. The van der Waals surface area contributed by atoms with Crippen molar-refractivity contribution in [2.45, 2.75) is 38.3 Å². The number of nitrogens with one attached hydrogen (secondary N) is 1. The second-order valence-corrected chi connectivity index (χ2v) is 4.98. The van der Waals surface area contributed by atoms with E-state index in [1.165, 1.54) is 0 Å². The molecule has 0 aliphatic carbocycles. The number of hydrogen-bond donors (Lipinski definition) is 1. The minimum Gasteiger partial charge on any atom is -0.322 e. The highest BCUT2D eigenvalue weighted by Crippen LogP contribution is 2.28. The van der Waals surface area contributed by atoms with Gasteiger partial charge >= 0.3 is 0 Å². The number of tetrazole rings is 1. The normalized spacial score (nSPS) is 24.5. The fraction of sp³-hybridized carbons (Fsp3) is 0.727. The first kappa shape index (κ1) is 12.1. The van der Waals surface area contributed by atoms with Crippen molar-refractivity contribution in [2.75, 3.05) is 13.1 Å². The van der Waals surface area contributed by atoms with E-state index in [0.29, 0.717) is 18.8 Å². The topological polar surface area (TPSA) is 95.1 Å². The minimum atomic E-state index is -0.436. The molecule has 1 aromatic rings. The van der Waals surface area contributed by atoms with E-state index in [2.05, 4.69) is 20.6 Å². The number of hydrogen-bond acceptors (Lipinski definition) is 5. The summed E-state index contributed by atoms with van der Waals surface area (Å²) in [6.07, 6.45) is 2.14. The molecule has 3 rings (SSSR count). The first-order valence-electron chi connectivity index (χ1n) is 6.52. The van der Waals surface area contributed by atoms with Gasteiger partial charge in [-0.15, -0.1) is 10.2 Å². The molecule has 3 heterocycles. The average Bonchev–Trinajstić information content (AvgIpc) is 3.08. The molecule has 2 aliphatic rings. The number of rotatable bonds is 2. The van der Waals surface area contributed by atoms with Crippen LogP contribution in [0.5, 0.6) is 0 Å². The van der Waals surface area contributed by atoms with Crippen molar-refractivity contribution >= 4 is 11.8 Å². The van der Waals surface area contributed by atoms with Gasteiger partial charge in [0.1, 0.15) is 6.17 Å². The van der Waals surface area contributed by atoms with Gasteiger partial charge in [0, 0.05) is 19.5 Å². The average molecular weight is 264 g/mol. The Morgan fingerprint density at radius 1 is 1.47 bits per heavy atom. The number of H-pyrrole nitrogens is 1. The highest BCUT2D eigenvalue weighted by atomic mass is 16.2. The molecule has 2 unspecified atom stereocenters. The Morgan fingerprint density at radius 3 is 3.05 bits per heavy atom. The Morgan fingerprint density at radius 2 is 2.32 bits per heavy atom. The van der Waals surface area contributed by atoms with Gasteiger partial charge in [-0.1, -0.05) is 5.21 Å². The van der Waals surface area contributed by atoms with E-state index < -0.39 is 5.92 Å². The zero-order valence-electron chi connectivity index (χ0n) is 10.7. The molecule has 2 amide bonds. The van der Waals surface area contributed by atoms with Crippen LogP contribution in [-0.4, -0.2) is 61.5 Å². The summed E-state index contributed by atoms with van der Waals surface area (Å²) in [4.78, 5) is 27.9. The maximum absolute atomic E-state index is 12.5. The van der Waals surface area contributed by atoms with Gasteiger partial charge in [-0.25, -0.2) is 0 Å². The van der Waals surface area contributed by atoms with Crippen LogP contribution in [0.2, 0.25) is 0 Å². The summed E-state index contributed by atoms with van der Waals surface area (Å²) >= 11 is 0. The molecule has 1 aromatic heterocycles. The van der Waals surface area contributed by atoms with Crippen LogP contribution < -0.4 is 0 Å². The van der Waals surface area contributed by atoms with Crippen molar-refractivity contribution in [2.24, 2.45) is 0 Å². The predicted octanol–water partition coefficient (Wildman–Crippen LogP) is -0.516. The summed E-state index contributed by atoms with van der Waals surface area (Å²) in [5, 5.41) is 13.5. The van der Waals surface area contributed by atoms with Crippen molar-refractivity contribution in [1.82, 2.24) is 30.4 Å². The number of aromatic amines is 1. The number of fused-ring (bicyclic) bond motifs is 1. The molecule has 0 spiro atoms. The van der Waals surface area contributed by atoms with Crippen LogP contribution in [0.15, 0.2) is 0 Å². The van der Waals surface area contributed by atoms with Gasteiger partial charge in [0.15, 0.2) is 5.82 Å². The summed E-state index contributed by atoms with van der Waals surface area (Å²) in [5.74, 6) is 0.0745. The minimum absolute atomic E-state index is 0.0363. The molecule has 0 radical (unpaired) electrons. The summed E-state index contributed by atoms with van der Waals surface area (Å²) in [7, 11) is 0. The van der Waals surface area contributed by atoms with Gasteiger partial charge in [-0.05, 0) is 19.8 Å². The second kappa shape index (κ2) is 4.60. The second-order valence-electron chi connectivity index (χ2n) is 4.98. The van der Waals surface area contributed by atoms with Gasteiger partial charge < -0.3 is 9.80 Å². The lowest BCUT2D eigenvalue weighted by Crippen LogP contribution is -2.56. The quantitative estimate of drug-likeness (QED) is 0.775. The summed E-state index contributed by atoms with van der Waals surface area (Å²) < 4.78 is 0.